The number of alkyl carbamates (subject to hydrolysis) is 1. The van der Waals surface area contributed by atoms with Crippen LogP contribution < -0.4 is 5.32 Å². The van der Waals surface area contributed by atoms with Gasteiger partial charge in [0.1, 0.15) is 12.6 Å². The number of benzene rings is 2. The summed E-state index contributed by atoms with van der Waals surface area (Å²) in [6.45, 7) is 0.122. The summed E-state index contributed by atoms with van der Waals surface area (Å²) in [7, 11) is 0. The lowest BCUT2D eigenvalue weighted by Gasteiger charge is -2.19. The minimum Gasteiger partial charge on any atom is -0.480 e. The zero-order chi connectivity index (χ0) is 20.4. The van der Waals surface area contributed by atoms with E-state index in [9.17, 15) is 20.0 Å². The molecule has 2 atom stereocenters. The van der Waals surface area contributed by atoms with Crippen LogP contribution in [0.4, 0.5) is 4.79 Å². The van der Waals surface area contributed by atoms with Crippen LogP contribution in [-0.4, -0.2) is 29.8 Å². The highest BCUT2D eigenvalue weighted by Crippen LogP contribution is 2.44. The van der Waals surface area contributed by atoms with E-state index in [1.54, 1.807) is 0 Å². The Kier molecular flexibility index (Phi) is 5.22. The van der Waals surface area contributed by atoms with E-state index in [0.717, 1.165) is 35.1 Å². The largest absolute Gasteiger partial charge is 0.480 e. The number of hydrogen-bond donors (Lipinski definition) is 2. The van der Waals surface area contributed by atoms with Gasteiger partial charge in [0.05, 0.1) is 12.0 Å². The van der Waals surface area contributed by atoms with Crippen molar-refractivity contribution in [3.8, 4) is 17.2 Å². The lowest BCUT2D eigenvalue weighted by Crippen LogP contribution is -2.42. The molecule has 2 aliphatic rings. The number of fused-ring (bicyclic) bond motifs is 3. The minimum absolute atomic E-state index is 0.0882. The maximum absolute atomic E-state index is 12.3. The molecule has 1 saturated carbocycles. The summed E-state index contributed by atoms with van der Waals surface area (Å²) in [5.74, 6) is -1.36. The van der Waals surface area contributed by atoms with Gasteiger partial charge in [-0.05, 0) is 47.4 Å². The number of carboxylic acid groups (broad SMARTS) is 1. The van der Waals surface area contributed by atoms with Crippen molar-refractivity contribution < 1.29 is 19.4 Å². The zero-order valence-corrected chi connectivity index (χ0v) is 15.9. The summed E-state index contributed by atoms with van der Waals surface area (Å²) in [6, 6.07) is 17.1. The molecule has 2 aromatic rings. The predicted octanol–water partition coefficient (Wildman–Crippen LogP) is 3.92. The van der Waals surface area contributed by atoms with Gasteiger partial charge in [0.25, 0.3) is 0 Å². The van der Waals surface area contributed by atoms with Gasteiger partial charge in [-0.25, -0.2) is 9.59 Å². The summed E-state index contributed by atoms with van der Waals surface area (Å²) in [5, 5.41) is 21.1. The summed E-state index contributed by atoms with van der Waals surface area (Å²) < 4.78 is 5.42. The molecular formula is C23H22N2O4. The molecule has 1 amide bonds. The second-order valence-corrected chi connectivity index (χ2v) is 7.67. The smallest absolute Gasteiger partial charge is 0.407 e. The lowest BCUT2D eigenvalue weighted by molar-refractivity contribution is -0.139. The van der Waals surface area contributed by atoms with Crippen molar-refractivity contribution in [1.29, 1.82) is 5.26 Å². The Morgan fingerprint density at radius 3 is 2.21 bits per heavy atom. The quantitative estimate of drug-likeness (QED) is 0.746. The first-order chi connectivity index (χ1) is 14.1. The molecule has 0 spiro atoms. The number of carbonyl (C=O) groups is 2. The Morgan fingerprint density at radius 1 is 1.10 bits per heavy atom. The monoisotopic (exact) mass is 390 g/mol. The van der Waals surface area contributed by atoms with Crippen LogP contribution in [0, 0.1) is 23.2 Å². The molecule has 2 aliphatic carbocycles. The second kappa shape index (κ2) is 7.96. The first kappa shape index (κ1) is 19.0. The molecule has 0 bridgehead atoms. The highest BCUT2D eigenvalue weighted by atomic mass is 16.5. The molecule has 0 aromatic heterocycles. The Labute approximate surface area is 169 Å². The third-order valence-electron chi connectivity index (χ3n) is 5.78. The summed E-state index contributed by atoms with van der Waals surface area (Å²) in [4.78, 5) is 23.9. The van der Waals surface area contributed by atoms with Crippen molar-refractivity contribution in [2.45, 2.75) is 31.2 Å². The minimum atomic E-state index is -1.15. The van der Waals surface area contributed by atoms with Gasteiger partial charge in [-0.1, -0.05) is 48.5 Å². The molecule has 0 aliphatic heterocycles. The van der Waals surface area contributed by atoms with Gasteiger partial charge in [-0.3, -0.25) is 0 Å². The second-order valence-electron chi connectivity index (χ2n) is 7.67. The SMILES string of the molecule is N#CC(CC(NC(=O)OCC1c2ccccc2-c2ccccc21)C(=O)O)C1CC1. The Balaban J connectivity index is 1.41. The van der Waals surface area contributed by atoms with E-state index in [1.807, 2.05) is 36.4 Å². The summed E-state index contributed by atoms with van der Waals surface area (Å²) in [6.07, 6.45) is 1.21. The van der Waals surface area contributed by atoms with Crippen LogP contribution in [0.2, 0.25) is 0 Å². The zero-order valence-electron chi connectivity index (χ0n) is 15.9. The van der Waals surface area contributed by atoms with Crippen LogP contribution in [0.25, 0.3) is 11.1 Å². The Bertz CT molecular complexity index is 931. The topological polar surface area (TPSA) is 99.4 Å². The Hall–Kier alpha value is -3.33. The van der Waals surface area contributed by atoms with Crippen molar-refractivity contribution >= 4 is 12.1 Å². The summed E-state index contributed by atoms with van der Waals surface area (Å²) in [5.41, 5.74) is 4.44. The van der Waals surface area contributed by atoms with Crippen LogP contribution in [-0.2, 0) is 9.53 Å². The van der Waals surface area contributed by atoms with Crippen LogP contribution in [0.15, 0.2) is 48.5 Å². The number of ether oxygens (including phenoxy) is 1. The number of nitrogens with zero attached hydrogens (tertiary/aromatic N) is 1. The molecule has 0 radical (unpaired) electrons. The van der Waals surface area contributed by atoms with E-state index < -0.39 is 18.1 Å². The van der Waals surface area contributed by atoms with E-state index in [4.69, 9.17) is 4.74 Å². The molecule has 6 nitrogen and oxygen atoms in total. The number of amides is 1. The molecule has 148 valence electrons. The van der Waals surface area contributed by atoms with Gasteiger partial charge in [0.2, 0.25) is 0 Å². The number of carbonyl (C=O) groups excluding carboxylic acids is 1. The van der Waals surface area contributed by atoms with Crippen molar-refractivity contribution in [1.82, 2.24) is 5.32 Å². The van der Waals surface area contributed by atoms with Crippen molar-refractivity contribution in [2.24, 2.45) is 11.8 Å². The number of rotatable bonds is 7. The van der Waals surface area contributed by atoms with E-state index in [0.29, 0.717) is 0 Å². The van der Waals surface area contributed by atoms with Gasteiger partial charge in [-0.15, -0.1) is 0 Å². The van der Waals surface area contributed by atoms with Crippen LogP contribution >= 0.6 is 0 Å². The molecular weight excluding hydrogens is 368 g/mol. The molecule has 6 heteroatoms. The van der Waals surface area contributed by atoms with Crippen LogP contribution in [0.3, 0.4) is 0 Å². The van der Waals surface area contributed by atoms with Gasteiger partial charge in [0, 0.05) is 5.92 Å². The highest BCUT2D eigenvalue weighted by molar-refractivity contribution is 5.81. The molecule has 29 heavy (non-hydrogen) atoms. The number of nitriles is 1. The molecule has 0 saturated heterocycles. The van der Waals surface area contributed by atoms with Crippen molar-refractivity contribution in [3.05, 3.63) is 59.7 Å². The molecule has 2 unspecified atom stereocenters. The summed E-state index contributed by atoms with van der Waals surface area (Å²) >= 11 is 0. The lowest BCUT2D eigenvalue weighted by atomic mass is 9.96. The molecule has 1 fully saturated rings. The van der Waals surface area contributed by atoms with E-state index in [1.165, 1.54) is 0 Å². The highest BCUT2D eigenvalue weighted by Gasteiger charge is 2.36. The maximum Gasteiger partial charge on any atom is 0.407 e. The van der Waals surface area contributed by atoms with Gasteiger partial charge < -0.3 is 15.2 Å². The van der Waals surface area contributed by atoms with Crippen LogP contribution in [0.5, 0.6) is 0 Å². The van der Waals surface area contributed by atoms with E-state index in [2.05, 4.69) is 23.5 Å². The van der Waals surface area contributed by atoms with Crippen molar-refractivity contribution in [2.75, 3.05) is 6.61 Å². The molecule has 2 aromatic carbocycles. The Morgan fingerprint density at radius 2 is 1.69 bits per heavy atom. The third kappa shape index (κ3) is 3.95. The normalized spacial score (nSPS) is 16.8. The number of carboxylic acids is 1. The average molecular weight is 390 g/mol. The average Bonchev–Trinajstić information content (AvgIpc) is 3.52. The molecule has 4 rings (SSSR count). The van der Waals surface area contributed by atoms with Gasteiger partial charge in [-0.2, -0.15) is 5.26 Å². The number of hydrogen-bond acceptors (Lipinski definition) is 4. The number of aliphatic carboxylic acids is 1. The number of nitrogens with one attached hydrogen (secondary N) is 1. The first-order valence-corrected chi connectivity index (χ1v) is 9.82. The fourth-order valence-electron chi connectivity index (χ4n) is 4.11. The van der Waals surface area contributed by atoms with E-state index in [-0.39, 0.29) is 30.8 Å². The van der Waals surface area contributed by atoms with Gasteiger partial charge in [0.15, 0.2) is 0 Å². The van der Waals surface area contributed by atoms with E-state index >= 15 is 0 Å². The van der Waals surface area contributed by atoms with Gasteiger partial charge >= 0.3 is 12.1 Å². The van der Waals surface area contributed by atoms with Crippen molar-refractivity contribution in [3.63, 3.8) is 0 Å². The fraction of sp³-hybridized carbons (Fsp3) is 0.348. The first-order valence-electron chi connectivity index (χ1n) is 9.82. The fourth-order valence-corrected chi connectivity index (χ4v) is 4.11. The predicted molar refractivity (Wildman–Crippen MR) is 106 cm³/mol. The third-order valence-corrected chi connectivity index (χ3v) is 5.78. The molecule has 2 N–H and O–H groups in total. The molecule has 0 heterocycles. The standard InChI is InChI=1S/C23H22N2O4/c24-12-15(14-9-10-14)11-21(22(26)27)25-23(28)29-13-20-18-7-3-1-5-16(18)17-6-2-4-8-19(17)20/h1-8,14-15,20-21H,9-11,13H2,(H,25,28)(H,26,27). The van der Waals surface area contributed by atoms with Crippen LogP contribution in [0.1, 0.15) is 36.3 Å². The maximum atomic E-state index is 12.3.